The van der Waals surface area contributed by atoms with Crippen LogP contribution in [0.15, 0.2) is 27.4 Å². The first-order chi connectivity index (χ1) is 12.6. The largest absolute Gasteiger partial charge is 0.481 e. The summed E-state index contributed by atoms with van der Waals surface area (Å²) >= 11 is 0. The van der Waals surface area contributed by atoms with Gasteiger partial charge in [-0.25, -0.2) is 9.59 Å². The van der Waals surface area contributed by atoms with E-state index in [0.717, 1.165) is 10.9 Å². The van der Waals surface area contributed by atoms with Gasteiger partial charge < -0.3 is 18.6 Å². The van der Waals surface area contributed by atoms with Gasteiger partial charge in [0.2, 0.25) is 0 Å². The number of rotatable bonds is 6. The first kappa shape index (κ1) is 20.5. The van der Waals surface area contributed by atoms with Crippen LogP contribution in [-0.4, -0.2) is 31.3 Å². The summed E-state index contributed by atoms with van der Waals surface area (Å²) in [5, 5.41) is 0.735. The lowest BCUT2D eigenvalue weighted by Crippen LogP contribution is -2.27. The number of carbonyl (C=O) groups is 2. The maximum atomic E-state index is 11.9. The Hall–Kier alpha value is -2.83. The van der Waals surface area contributed by atoms with E-state index in [4.69, 9.17) is 13.9 Å². The lowest BCUT2D eigenvalue weighted by Gasteiger charge is -2.20. The van der Waals surface area contributed by atoms with Crippen LogP contribution >= 0.6 is 0 Å². The molecule has 0 aliphatic heterocycles. The van der Waals surface area contributed by atoms with Gasteiger partial charge in [0, 0.05) is 23.9 Å². The van der Waals surface area contributed by atoms with Gasteiger partial charge in [-0.15, -0.1) is 0 Å². The van der Waals surface area contributed by atoms with Crippen molar-refractivity contribution < 1.29 is 28.2 Å². The second-order valence-corrected chi connectivity index (χ2v) is 7.16. The van der Waals surface area contributed by atoms with Crippen molar-refractivity contribution >= 4 is 22.9 Å². The number of carbonyl (C=O) groups excluding carboxylic acids is 2. The van der Waals surface area contributed by atoms with Crippen molar-refractivity contribution in [3.05, 3.63) is 39.7 Å². The first-order valence-electron chi connectivity index (χ1n) is 8.58. The Kier molecular flexibility index (Phi) is 6.25. The molecule has 0 unspecified atom stereocenters. The quantitative estimate of drug-likeness (QED) is 0.565. The molecule has 0 spiro atoms. The molecule has 0 aliphatic carbocycles. The highest BCUT2D eigenvalue weighted by Gasteiger charge is 2.18. The van der Waals surface area contributed by atoms with Gasteiger partial charge in [0.15, 0.2) is 6.61 Å². The van der Waals surface area contributed by atoms with Crippen molar-refractivity contribution in [3.63, 3.8) is 0 Å². The van der Waals surface area contributed by atoms with Crippen molar-refractivity contribution in [1.29, 1.82) is 0 Å². The second kappa shape index (κ2) is 8.24. The lowest BCUT2D eigenvalue weighted by atomic mass is 10.0. The predicted octanol–water partition coefficient (Wildman–Crippen LogP) is 2.93. The minimum absolute atomic E-state index is 0.153. The highest BCUT2D eigenvalue weighted by molar-refractivity contribution is 5.83. The molecule has 1 heterocycles. The molecule has 2 rings (SSSR count). The number of hydrogen-bond acceptors (Lipinski definition) is 7. The van der Waals surface area contributed by atoms with E-state index >= 15 is 0 Å². The maximum Gasteiger partial charge on any atom is 0.344 e. The molecule has 0 amide bonds. The monoisotopic (exact) mass is 376 g/mol. The Labute approximate surface area is 157 Å². The van der Waals surface area contributed by atoms with Gasteiger partial charge in [0.25, 0.3) is 0 Å². The molecule has 27 heavy (non-hydrogen) atoms. The lowest BCUT2D eigenvalue weighted by molar-refractivity contribution is -0.157. The first-order valence-corrected chi connectivity index (χ1v) is 8.58. The molecule has 0 radical (unpaired) electrons. The highest BCUT2D eigenvalue weighted by atomic mass is 16.6. The molecule has 0 atom stereocenters. The van der Waals surface area contributed by atoms with Crippen LogP contribution in [0.2, 0.25) is 0 Å². The summed E-state index contributed by atoms with van der Waals surface area (Å²) in [5.74, 6) is -0.525. The predicted molar refractivity (Wildman–Crippen MR) is 98.9 cm³/mol. The van der Waals surface area contributed by atoms with Crippen molar-refractivity contribution in [2.75, 3.05) is 13.7 Å². The molecule has 0 N–H and O–H groups in total. The number of aryl methyl sites for hydroxylation is 2. The van der Waals surface area contributed by atoms with Crippen LogP contribution in [0.3, 0.4) is 0 Å². The van der Waals surface area contributed by atoms with Gasteiger partial charge in [0.05, 0.1) is 7.11 Å². The van der Waals surface area contributed by atoms with Crippen LogP contribution in [0.25, 0.3) is 11.0 Å². The van der Waals surface area contributed by atoms with E-state index in [-0.39, 0.29) is 19.0 Å². The van der Waals surface area contributed by atoms with Gasteiger partial charge in [-0.05, 0) is 51.3 Å². The zero-order valence-electron chi connectivity index (χ0n) is 16.2. The third-order valence-electron chi connectivity index (χ3n) is 3.72. The summed E-state index contributed by atoms with van der Waals surface area (Å²) in [6, 6.07) is 4.75. The second-order valence-electron chi connectivity index (χ2n) is 7.16. The molecule has 0 bridgehead atoms. The van der Waals surface area contributed by atoms with Crippen LogP contribution in [0, 0.1) is 6.92 Å². The molecular formula is C20H24O7. The van der Waals surface area contributed by atoms with E-state index in [1.807, 2.05) is 0 Å². The third kappa shape index (κ3) is 5.84. The minimum atomic E-state index is -0.624. The molecule has 0 fully saturated rings. The number of benzene rings is 1. The third-order valence-corrected chi connectivity index (χ3v) is 3.72. The Morgan fingerprint density at radius 3 is 2.44 bits per heavy atom. The fourth-order valence-corrected chi connectivity index (χ4v) is 2.57. The van der Waals surface area contributed by atoms with E-state index in [1.165, 1.54) is 13.2 Å². The summed E-state index contributed by atoms with van der Waals surface area (Å²) in [5.41, 5.74) is 0.704. The van der Waals surface area contributed by atoms with Crippen LogP contribution in [-0.2, 0) is 25.5 Å². The topological polar surface area (TPSA) is 92.0 Å². The van der Waals surface area contributed by atoms with E-state index in [1.54, 1.807) is 39.8 Å². The van der Waals surface area contributed by atoms with Gasteiger partial charge >= 0.3 is 17.6 Å². The molecule has 1 aromatic heterocycles. The molecule has 0 aliphatic rings. The van der Waals surface area contributed by atoms with E-state index in [9.17, 15) is 14.4 Å². The smallest absolute Gasteiger partial charge is 0.344 e. The molecule has 7 heteroatoms. The molecule has 146 valence electrons. The fraction of sp³-hybridized carbons (Fsp3) is 0.450. The van der Waals surface area contributed by atoms with E-state index in [0.29, 0.717) is 23.3 Å². The highest BCUT2D eigenvalue weighted by Crippen LogP contribution is 2.28. The van der Waals surface area contributed by atoms with Crippen molar-refractivity contribution in [1.82, 2.24) is 0 Å². The normalized spacial score (nSPS) is 11.3. The van der Waals surface area contributed by atoms with Crippen LogP contribution in [0.1, 0.15) is 38.3 Å². The molecule has 1 aromatic carbocycles. The number of esters is 2. The van der Waals surface area contributed by atoms with E-state index < -0.39 is 17.2 Å². The summed E-state index contributed by atoms with van der Waals surface area (Å²) in [6.45, 7) is 6.79. The van der Waals surface area contributed by atoms with Gasteiger partial charge in [-0.1, -0.05) is 0 Å². The zero-order valence-corrected chi connectivity index (χ0v) is 16.2. The maximum absolute atomic E-state index is 11.9. The van der Waals surface area contributed by atoms with Gasteiger partial charge in [-0.3, -0.25) is 4.79 Å². The summed E-state index contributed by atoms with van der Waals surface area (Å²) < 4.78 is 20.7. The van der Waals surface area contributed by atoms with Crippen molar-refractivity contribution in [3.8, 4) is 5.75 Å². The SMILES string of the molecule is COC(=O)CCc1cc2c(C)cc(=O)oc2cc1OCC(=O)OC(C)(C)C. The molecule has 2 aromatic rings. The van der Waals surface area contributed by atoms with Crippen LogP contribution in [0.4, 0.5) is 0 Å². The summed E-state index contributed by atoms with van der Waals surface area (Å²) in [4.78, 5) is 35.1. The number of ether oxygens (including phenoxy) is 3. The average molecular weight is 376 g/mol. The van der Waals surface area contributed by atoms with Crippen LogP contribution in [0.5, 0.6) is 5.75 Å². The van der Waals surface area contributed by atoms with Gasteiger partial charge in [-0.2, -0.15) is 0 Å². The fourth-order valence-electron chi connectivity index (χ4n) is 2.57. The van der Waals surface area contributed by atoms with Gasteiger partial charge in [0.1, 0.15) is 16.9 Å². The minimum Gasteiger partial charge on any atom is -0.481 e. The van der Waals surface area contributed by atoms with Crippen molar-refractivity contribution in [2.45, 2.75) is 46.1 Å². The molecule has 0 saturated heterocycles. The summed E-state index contributed by atoms with van der Waals surface area (Å²) in [7, 11) is 1.32. The number of hydrogen-bond donors (Lipinski definition) is 0. The standard InChI is InChI=1S/C20H24O7/c1-12-8-18(22)26-16-10-15(25-11-19(23)27-20(2,3)4)13(9-14(12)16)6-7-17(21)24-5/h8-10H,6-7,11H2,1-5H3. The summed E-state index contributed by atoms with van der Waals surface area (Å²) in [6.07, 6.45) is 0.505. The Balaban J connectivity index is 2.33. The average Bonchev–Trinajstić information content (AvgIpc) is 2.56. The Morgan fingerprint density at radius 2 is 1.81 bits per heavy atom. The Bertz CT molecular complexity index is 903. The number of methoxy groups -OCH3 is 1. The zero-order chi connectivity index (χ0) is 20.2. The Morgan fingerprint density at radius 1 is 1.11 bits per heavy atom. The van der Waals surface area contributed by atoms with Crippen molar-refractivity contribution in [2.24, 2.45) is 0 Å². The molecule has 0 saturated carbocycles. The molecule has 7 nitrogen and oxygen atoms in total. The van der Waals surface area contributed by atoms with Crippen LogP contribution < -0.4 is 10.4 Å². The van der Waals surface area contributed by atoms with E-state index in [2.05, 4.69) is 4.74 Å². The number of fused-ring (bicyclic) bond motifs is 1. The molecular weight excluding hydrogens is 352 g/mol.